The molecule has 0 aliphatic heterocycles. The van der Waals surface area contributed by atoms with E-state index in [0.29, 0.717) is 6.04 Å². The van der Waals surface area contributed by atoms with Crippen molar-refractivity contribution in [1.82, 2.24) is 5.32 Å². The Labute approximate surface area is 94.1 Å². The predicted octanol–water partition coefficient (Wildman–Crippen LogP) is 3.09. The van der Waals surface area contributed by atoms with Gasteiger partial charge in [0.05, 0.1) is 12.0 Å². The Balaban J connectivity index is 2.23. The number of nitrogens with zero attached hydrogens (tertiary/aromatic N) is 1. The van der Waals surface area contributed by atoms with Crippen LogP contribution in [-0.4, -0.2) is 12.6 Å². The SMILES string of the molecule is CCC1CCCC(NCC(C)C#N)CC1. The van der Waals surface area contributed by atoms with Gasteiger partial charge in [0.1, 0.15) is 0 Å². The van der Waals surface area contributed by atoms with Crippen LogP contribution in [0.5, 0.6) is 0 Å². The zero-order valence-corrected chi connectivity index (χ0v) is 10.1. The lowest BCUT2D eigenvalue weighted by atomic mass is 9.98. The maximum Gasteiger partial charge on any atom is 0.0666 e. The second kappa shape index (κ2) is 6.85. The zero-order valence-electron chi connectivity index (χ0n) is 10.1. The highest BCUT2D eigenvalue weighted by atomic mass is 14.9. The van der Waals surface area contributed by atoms with E-state index in [-0.39, 0.29) is 5.92 Å². The summed E-state index contributed by atoms with van der Waals surface area (Å²) in [4.78, 5) is 0. The van der Waals surface area contributed by atoms with Gasteiger partial charge in [-0.15, -0.1) is 0 Å². The molecule has 1 N–H and O–H groups in total. The van der Waals surface area contributed by atoms with Crippen LogP contribution in [0.15, 0.2) is 0 Å². The number of hydrogen-bond donors (Lipinski definition) is 1. The number of nitriles is 1. The minimum Gasteiger partial charge on any atom is -0.313 e. The fourth-order valence-electron chi connectivity index (χ4n) is 2.38. The van der Waals surface area contributed by atoms with Gasteiger partial charge in [-0.05, 0) is 32.1 Å². The van der Waals surface area contributed by atoms with Gasteiger partial charge in [0, 0.05) is 12.6 Å². The van der Waals surface area contributed by atoms with Crippen molar-refractivity contribution in [2.24, 2.45) is 11.8 Å². The lowest BCUT2D eigenvalue weighted by Gasteiger charge is -2.17. The van der Waals surface area contributed by atoms with Gasteiger partial charge < -0.3 is 5.32 Å². The van der Waals surface area contributed by atoms with Gasteiger partial charge in [-0.3, -0.25) is 0 Å². The normalized spacial score (nSPS) is 29.1. The molecule has 0 aromatic carbocycles. The van der Waals surface area contributed by atoms with E-state index in [1.165, 1.54) is 38.5 Å². The third kappa shape index (κ3) is 4.66. The molecule has 0 saturated heterocycles. The Hall–Kier alpha value is -0.550. The Bertz CT molecular complexity index is 207. The molecule has 2 nitrogen and oxygen atoms in total. The van der Waals surface area contributed by atoms with Crippen LogP contribution >= 0.6 is 0 Å². The van der Waals surface area contributed by atoms with Crippen molar-refractivity contribution >= 4 is 0 Å². The van der Waals surface area contributed by atoms with Crippen LogP contribution in [0.3, 0.4) is 0 Å². The van der Waals surface area contributed by atoms with E-state index in [2.05, 4.69) is 18.3 Å². The monoisotopic (exact) mass is 208 g/mol. The smallest absolute Gasteiger partial charge is 0.0666 e. The molecule has 0 spiro atoms. The molecule has 0 aromatic heterocycles. The Morgan fingerprint density at radius 1 is 1.33 bits per heavy atom. The fraction of sp³-hybridized carbons (Fsp3) is 0.923. The first kappa shape index (κ1) is 12.5. The van der Waals surface area contributed by atoms with Gasteiger partial charge in [0.15, 0.2) is 0 Å². The molecule has 2 heteroatoms. The van der Waals surface area contributed by atoms with Crippen LogP contribution in [0.1, 0.15) is 52.4 Å². The van der Waals surface area contributed by atoms with E-state index in [1.54, 1.807) is 0 Å². The molecule has 1 rings (SSSR count). The highest BCUT2D eigenvalue weighted by Crippen LogP contribution is 2.25. The van der Waals surface area contributed by atoms with Crippen molar-refractivity contribution < 1.29 is 0 Å². The first-order valence-electron chi connectivity index (χ1n) is 6.39. The van der Waals surface area contributed by atoms with Gasteiger partial charge in [-0.1, -0.05) is 26.2 Å². The molecular formula is C13H24N2. The summed E-state index contributed by atoms with van der Waals surface area (Å²) in [5.74, 6) is 1.10. The van der Waals surface area contributed by atoms with Gasteiger partial charge >= 0.3 is 0 Å². The molecule has 3 atom stereocenters. The van der Waals surface area contributed by atoms with E-state index in [0.717, 1.165) is 12.5 Å². The van der Waals surface area contributed by atoms with Crippen molar-refractivity contribution in [2.45, 2.75) is 58.4 Å². The summed E-state index contributed by atoms with van der Waals surface area (Å²) in [5.41, 5.74) is 0. The molecule has 1 saturated carbocycles. The third-order valence-corrected chi connectivity index (χ3v) is 3.60. The van der Waals surface area contributed by atoms with Gasteiger partial charge in [0.2, 0.25) is 0 Å². The highest BCUT2D eigenvalue weighted by Gasteiger charge is 2.17. The molecule has 0 radical (unpaired) electrons. The summed E-state index contributed by atoms with van der Waals surface area (Å²) in [7, 11) is 0. The van der Waals surface area contributed by atoms with E-state index in [1.807, 2.05) is 6.92 Å². The Morgan fingerprint density at radius 3 is 2.80 bits per heavy atom. The standard InChI is InChI=1S/C13H24N2/c1-3-12-5-4-6-13(8-7-12)15-10-11(2)9-14/h11-13,15H,3-8,10H2,1-2H3. The fourth-order valence-corrected chi connectivity index (χ4v) is 2.38. The van der Waals surface area contributed by atoms with Crippen molar-refractivity contribution in [2.75, 3.05) is 6.54 Å². The van der Waals surface area contributed by atoms with Crippen LogP contribution < -0.4 is 5.32 Å². The largest absolute Gasteiger partial charge is 0.313 e. The maximum atomic E-state index is 8.71. The Kier molecular flexibility index (Phi) is 5.71. The minimum atomic E-state index is 0.148. The van der Waals surface area contributed by atoms with Gasteiger partial charge in [-0.2, -0.15) is 5.26 Å². The van der Waals surface area contributed by atoms with Gasteiger partial charge in [0.25, 0.3) is 0 Å². The summed E-state index contributed by atoms with van der Waals surface area (Å²) in [6.07, 6.45) is 8.07. The quantitative estimate of drug-likeness (QED) is 0.721. The van der Waals surface area contributed by atoms with Crippen molar-refractivity contribution in [3.05, 3.63) is 0 Å². The average Bonchev–Trinajstić information content (AvgIpc) is 2.50. The number of hydrogen-bond acceptors (Lipinski definition) is 2. The molecule has 0 bridgehead atoms. The minimum absolute atomic E-state index is 0.148. The molecular weight excluding hydrogens is 184 g/mol. The van der Waals surface area contributed by atoms with E-state index >= 15 is 0 Å². The second-order valence-corrected chi connectivity index (χ2v) is 4.92. The van der Waals surface area contributed by atoms with Crippen LogP contribution in [0.2, 0.25) is 0 Å². The summed E-state index contributed by atoms with van der Waals surface area (Å²) >= 11 is 0. The lowest BCUT2D eigenvalue weighted by molar-refractivity contribution is 0.417. The molecule has 0 amide bonds. The topological polar surface area (TPSA) is 35.8 Å². The van der Waals surface area contributed by atoms with Crippen LogP contribution in [-0.2, 0) is 0 Å². The first-order chi connectivity index (χ1) is 7.26. The van der Waals surface area contributed by atoms with Crippen molar-refractivity contribution in [1.29, 1.82) is 5.26 Å². The maximum absolute atomic E-state index is 8.71. The molecule has 15 heavy (non-hydrogen) atoms. The van der Waals surface area contributed by atoms with Crippen LogP contribution in [0.25, 0.3) is 0 Å². The van der Waals surface area contributed by atoms with E-state index in [4.69, 9.17) is 5.26 Å². The summed E-state index contributed by atoms with van der Waals surface area (Å²) < 4.78 is 0. The summed E-state index contributed by atoms with van der Waals surface area (Å²) in [5, 5.41) is 12.2. The average molecular weight is 208 g/mol. The Morgan fingerprint density at radius 2 is 2.13 bits per heavy atom. The molecule has 1 fully saturated rings. The highest BCUT2D eigenvalue weighted by molar-refractivity contribution is 4.82. The van der Waals surface area contributed by atoms with Crippen molar-refractivity contribution in [3.8, 4) is 6.07 Å². The number of rotatable bonds is 4. The summed E-state index contributed by atoms with van der Waals surface area (Å²) in [6.45, 7) is 5.15. The second-order valence-electron chi connectivity index (χ2n) is 4.92. The third-order valence-electron chi connectivity index (χ3n) is 3.60. The molecule has 3 unspecified atom stereocenters. The molecule has 1 aliphatic carbocycles. The zero-order chi connectivity index (χ0) is 11.1. The molecule has 1 aliphatic rings. The van der Waals surface area contributed by atoms with E-state index in [9.17, 15) is 0 Å². The molecule has 0 aromatic rings. The predicted molar refractivity (Wildman–Crippen MR) is 63.4 cm³/mol. The van der Waals surface area contributed by atoms with Crippen molar-refractivity contribution in [3.63, 3.8) is 0 Å². The number of nitrogens with one attached hydrogen (secondary N) is 1. The van der Waals surface area contributed by atoms with E-state index < -0.39 is 0 Å². The van der Waals surface area contributed by atoms with Crippen LogP contribution in [0.4, 0.5) is 0 Å². The molecule has 0 heterocycles. The first-order valence-corrected chi connectivity index (χ1v) is 6.39. The van der Waals surface area contributed by atoms with Gasteiger partial charge in [-0.25, -0.2) is 0 Å². The molecule has 86 valence electrons. The summed E-state index contributed by atoms with van der Waals surface area (Å²) in [6, 6.07) is 2.94. The lowest BCUT2D eigenvalue weighted by Crippen LogP contribution is -2.32. The van der Waals surface area contributed by atoms with Crippen LogP contribution in [0, 0.1) is 23.2 Å².